The minimum absolute atomic E-state index is 0.212. The summed E-state index contributed by atoms with van der Waals surface area (Å²) in [7, 11) is 0. The Kier molecular flexibility index (Phi) is 2.18. The van der Waals surface area contributed by atoms with E-state index < -0.39 is 0 Å². The fraction of sp³-hybridized carbons (Fsp3) is 0.500. The van der Waals surface area contributed by atoms with Crippen molar-refractivity contribution in [3.8, 4) is 0 Å². The van der Waals surface area contributed by atoms with Gasteiger partial charge < -0.3 is 0 Å². The van der Waals surface area contributed by atoms with Gasteiger partial charge in [0.1, 0.15) is 5.82 Å². The first-order valence-electron chi connectivity index (χ1n) is 4.05. The summed E-state index contributed by atoms with van der Waals surface area (Å²) in [6, 6.07) is 3.16. The number of hydrogen-bond donors (Lipinski definition) is 0. The highest BCUT2D eigenvalue weighted by Crippen LogP contribution is 2.22. The van der Waals surface area contributed by atoms with Gasteiger partial charge in [-0.25, -0.2) is 4.39 Å². The van der Waals surface area contributed by atoms with Crippen LogP contribution in [0.5, 0.6) is 0 Å². The lowest BCUT2D eigenvalue weighted by Crippen LogP contribution is -2.16. The maximum atomic E-state index is 13.2. The molecule has 1 rings (SSSR count). The Morgan fingerprint density at radius 1 is 1.25 bits per heavy atom. The van der Waals surface area contributed by atoms with Crippen molar-refractivity contribution < 1.29 is 4.39 Å². The molecule has 0 aliphatic rings. The van der Waals surface area contributed by atoms with E-state index in [1.165, 1.54) is 6.07 Å². The van der Waals surface area contributed by atoms with Crippen molar-refractivity contribution in [2.75, 3.05) is 0 Å². The van der Waals surface area contributed by atoms with Crippen LogP contribution >= 0.6 is 0 Å². The quantitative estimate of drug-likeness (QED) is 0.579. The number of pyridine rings is 1. The third-order valence-corrected chi connectivity index (χ3v) is 1.70. The second-order valence-corrected chi connectivity index (χ2v) is 4.03. The molecule has 2 heteroatoms. The highest BCUT2D eigenvalue weighted by Gasteiger charge is 2.19. The molecule has 0 saturated heterocycles. The summed E-state index contributed by atoms with van der Waals surface area (Å²) in [5.41, 5.74) is 1.19. The predicted octanol–water partition coefficient (Wildman–Crippen LogP) is 2.83. The molecule has 0 radical (unpaired) electrons. The van der Waals surface area contributed by atoms with Gasteiger partial charge in [0.05, 0.1) is 5.69 Å². The molecule has 0 N–H and O–H groups in total. The Hall–Kier alpha value is -0.920. The Morgan fingerprint density at radius 2 is 1.83 bits per heavy atom. The topological polar surface area (TPSA) is 12.9 Å². The van der Waals surface area contributed by atoms with Gasteiger partial charge >= 0.3 is 0 Å². The number of aromatic nitrogens is 1. The maximum absolute atomic E-state index is 13.2. The minimum atomic E-state index is -0.215. The fourth-order valence-electron chi connectivity index (χ4n) is 1.07. The second-order valence-electron chi connectivity index (χ2n) is 4.03. The molecule has 0 fully saturated rings. The zero-order chi connectivity index (χ0) is 9.35. The predicted molar refractivity (Wildman–Crippen MR) is 47.6 cm³/mol. The molecular weight excluding hydrogens is 153 g/mol. The Bertz CT molecular complexity index is 286. The fourth-order valence-corrected chi connectivity index (χ4v) is 1.07. The minimum Gasteiger partial charge on any atom is -0.255 e. The van der Waals surface area contributed by atoms with Crippen LogP contribution in [0.3, 0.4) is 0 Å². The van der Waals surface area contributed by atoms with E-state index in [0.717, 1.165) is 5.69 Å². The molecular formula is C10H14FN. The zero-order valence-corrected chi connectivity index (χ0v) is 7.98. The van der Waals surface area contributed by atoms with Crippen molar-refractivity contribution in [3.63, 3.8) is 0 Å². The molecule has 0 unspecified atom stereocenters. The summed E-state index contributed by atoms with van der Waals surface area (Å²) in [5.74, 6) is -0.215. The Balaban J connectivity index is 3.23. The van der Waals surface area contributed by atoms with Crippen molar-refractivity contribution >= 4 is 0 Å². The van der Waals surface area contributed by atoms with Crippen LogP contribution in [0.1, 0.15) is 32.2 Å². The molecule has 1 heterocycles. The Morgan fingerprint density at radius 3 is 2.25 bits per heavy atom. The van der Waals surface area contributed by atoms with Gasteiger partial charge in [-0.15, -0.1) is 0 Å². The van der Waals surface area contributed by atoms with E-state index in [9.17, 15) is 4.39 Å². The molecule has 66 valence electrons. The van der Waals surface area contributed by atoms with Gasteiger partial charge in [-0.2, -0.15) is 0 Å². The summed E-state index contributed by atoms with van der Waals surface area (Å²) in [6.45, 7) is 7.74. The highest BCUT2D eigenvalue weighted by molar-refractivity contribution is 5.18. The number of halogens is 1. The number of hydrogen-bond acceptors (Lipinski definition) is 1. The normalized spacial score (nSPS) is 11.8. The molecule has 0 spiro atoms. The van der Waals surface area contributed by atoms with Crippen LogP contribution in [0.25, 0.3) is 0 Å². The molecule has 1 nitrogen and oxygen atoms in total. The monoisotopic (exact) mass is 167 g/mol. The first-order chi connectivity index (χ1) is 5.41. The molecule has 1 aromatic rings. The summed E-state index contributed by atoms with van der Waals surface area (Å²) in [6.07, 6.45) is 0. The molecule has 0 atom stereocenters. The average molecular weight is 167 g/mol. The van der Waals surface area contributed by atoms with Crippen molar-refractivity contribution in [2.45, 2.75) is 33.1 Å². The van der Waals surface area contributed by atoms with Gasteiger partial charge in [0.15, 0.2) is 0 Å². The van der Waals surface area contributed by atoms with E-state index in [2.05, 4.69) is 4.98 Å². The highest BCUT2D eigenvalue weighted by atomic mass is 19.1. The van der Waals surface area contributed by atoms with E-state index in [-0.39, 0.29) is 11.2 Å². The standard InChI is InChI=1S/C10H14FN/c1-7-5-6-8(11)9(12-7)10(2,3)4/h5-6H,1-4H3. The van der Waals surface area contributed by atoms with Gasteiger partial charge in [0, 0.05) is 11.1 Å². The van der Waals surface area contributed by atoms with Crippen molar-refractivity contribution in [2.24, 2.45) is 0 Å². The largest absolute Gasteiger partial charge is 0.255 e. The van der Waals surface area contributed by atoms with Crippen LogP contribution in [-0.2, 0) is 5.41 Å². The van der Waals surface area contributed by atoms with Gasteiger partial charge in [-0.3, -0.25) is 4.98 Å². The van der Waals surface area contributed by atoms with Crippen molar-refractivity contribution in [3.05, 3.63) is 29.3 Å². The summed E-state index contributed by atoms with van der Waals surface area (Å²) in [5, 5.41) is 0. The first-order valence-corrected chi connectivity index (χ1v) is 4.05. The van der Waals surface area contributed by atoms with Crippen LogP contribution in [0.15, 0.2) is 12.1 Å². The zero-order valence-electron chi connectivity index (χ0n) is 7.98. The SMILES string of the molecule is Cc1ccc(F)c(C(C)(C)C)n1. The summed E-state index contributed by atoms with van der Waals surface area (Å²) < 4.78 is 13.2. The molecule has 1 aromatic heterocycles. The molecule has 12 heavy (non-hydrogen) atoms. The lowest BCUT2D eigenvalue weighted by Gasteiger charge is -2.18. The van der Waals surface area contributed by atoms with Gasteiger partial charge in [-0.05, 0) is 19.1 Å². The van der Waals surface area contributed by atoms with Crippen molar-refractivity contribution in [1.82, 2.24) is 4.98 Å². The molecule has 0 amide bonds. The van der Waals surface area contributed by atoms with E-state index in [0.29, 0.717) is 5.69 Å². The van der Waals surface area contributed by atoms with Crippen LogP contribution < -0.4 is 0 Å². The molecule has 0 bridgehead atoms. The van der Waals surface area contributed by atoms with E-state index in [4.69, 9.17) is 0 Å². The van der Waals surface area contributed by atoms with Gasteiger partial charge in [-0.1, -0.05) is 20.8 Å². The van der Waals surface area contributed by atoms with Crippen LogP contribution in [0.4, 0.5) is 4.39 Å². The second kappa shape index (κ2) is 2.85. The summed E-state index contributed by atoms with van der Waals surface area (Å²) >= 11 is 0. The van der Waals surface area contributed by atoms with E-state index in [1.54, 1.807) is 6.07 Å². The molecule has 0 aliphatic heterocycles. The van der Waals surface area contributed by atoms with Crippen LogP contribution in [-0.4, -0.2) is 4.98 Å². The molecule has 0 aliphatic carbocycles. The number of rotatable bonds is 0. The van der Waals surface area contributed by atoms with Crippen molar-refractivity contribution in [1.29, 1.82) is 0 Å². The lowest BCUT2D eigenvalue weighted by atomic mass is 9.91. The smallest absolute Gasteiger partial charge is 0.145 e. The average Bonchev–Trinajstić information content (AvgIpc) is 1.92. The third-order valence-electron chi connectivity index (χ3n) is 1.70. The molecule has 0 aromatic carbocycles. The first kappa shape index (κ1) is 9.17. The summed E-state index contributed by atoms with van der Waals surface area (Å²) in [4.78, 5) is 4.17. The molecule has 0 saturated carbocycles. The van der Waals surface area contributed by atoms with E-state index in [1.807, 2.05) is 27.7 Å². The van der Waals surface area contributed by atoms with Gasteiger partial charge in [0.2, 0.25) is 0 Å². The third kappa shape index (κ3) is 1.81. The van der Waals surface area contributed by atoms with Crippen LogP contribution in [0, 0.1) is 12.7 Å². The Labute approximate surface area is 72.6 Å². The van der Waals surface area contributed by atoms with Gasteiger partial charge in [0.25, 0.3) is 0 Å². The van der Waals surface area contributed by atoms with Crippen LogP contribution in [0.2, 0.25) is 0 Å². The van der Waals surface area contributed by atoms with E-state index >= 15 is 0 Å². The number of nitrogens with zero attached hydrogens (tertiary/aromatic N) is 1. The number of aryl methyl sites for hydroxylation is 1. The maximum Gasteiger partial charge on any atom is 0.145 e. The lowest BCUT2D eigenvalue weighted by molar-refractivity contribution is 0.501.